The van der Waals surface area contributed by atoms with E-state index in [2.05, 4.69) is 0 Å². The van der Waals surface area contributed by atoms with Crippen LogP contribution in [0.15, 0.2) is 121 Å². The van der Waals surface area contributed by atoms with Crippen LogP contribution in [-0.4, -0.2) is 37.4 Å². The molecule has 5 rings (SSSR count). The van der Waals surface area contributed by atoms with Crippen molar-refractivity contribution in [2.24, 2.45) is 0 Å². The molecule has 0 aromatic heterocycles. The van der Waals surface area contributed by atoms with Gasteiger partial charge in [0.1, 0.15) is 24.4 Å². The predicted molar refractivity (Wildman–Crippen MR) is 151 cm³/mol. The largest absolute Gasteiger partial charge is 0.374 e. The standard InChI is InChI=1S/C34H35FO5/c35-34-33(39-24-29-19-11-4-12-20-29)32(38-23-28-17-9-3-10-18-28)31(37-22-27-15-7-2-8-16-27)30(40-34)25-36-21-26-13-5-1-6-14-26/h1-20,30-34H,21-25H2/t30?,31-,32+,33?,34+/m1/s1. The van der Waals surface area contributed by atoms with Crippen molar-refractivity contribution in [3.63, 3.8) is 0 Å². The van der Waals surface area contributed by atoms with Gasteiger partial charge in [-0.1, -0.05) is 121 Å². The van der Waals surface area contributed by atoms with E-state index in [0.29, 0.717) is 13.2 Å². The molecule has 0 saturated carbocycles. The van der Waals surface area contributed by atoms with Gasteiger partial charge in [-0.15, -0.1) is 0 Å². The zero-order valence-electron chi connectivity index (χ0n) is 22.4. The molecule has 1 saturated heterocycles. The molecule has 1 aliphatic rings. The lowest BCUT2D eigenvalue weighted by Gasteiger charge is -2.43. The van der Waals surface area contributed by atoms with Crippen LogP contribution in [0.4, 0.5) is 4.39 Å². The van der Waals surface area contributed by atoms with E-state index < -0.39 is 30.8 Å². The average molecular weight is 543 g/mol. The predicted octanol–water partition coefficient (Wildman–Crippen LogP) is 6.65. The third-order valence-electron chi connectivity index (χ3n) is 6.83. The fourth-order valence-corrected chi connectivity index (χ4v) is 4.73. The SMILES string of the molecule is F[C@H]1OC(COCc2ccccc2)[C@@H](OCc2ccccc2)[C@H](OCc2ccccc2)C1OCc1ccccc1. The first-order chi connectivity index (χ1) is 19.8. The second-order valence-corrected chi connectivity index (χ2v) is 9.81. The Bertz CT molecular complexity index is 1240. The Morgan fingerprint density at radius 1 is 0.475 bits per heavy atom. The summed E-state index contributed by atoms with van der Waals surface area (Å²) in [5.41, 5.74) is 3.94. The molecule has 0 spiro atoms. The van der Waals surface area contributed by atoms with Gasteiger partial charge < -0.3 is 23.7 Å². The quantitative estimate of drug-likeness (QED) is 0.189. The number of halogens is 1. The lowest BCUT2D eigenvalue weighted by molar-refractivity contribution is -0.298. The minimum absolute atomic E-state index is 0.144. The number of ether oxygens (including phenoxy) is 5. The Morgan fingerprint density at radius 2 is 0.850 bits per heavy atom. The molecule has 0 N–H and O–H groups in total. The second-order valence-electron chi connectivity index (χ2n) is 9.81. The Morgan fingerprint density at radius 3 is 1.30 bits per heavy atom. The molecular formula is C34H35FO5. The summed E-state index contributed by atoms with van der Waals surface area (Å²) in [7, 11) is 0. The molecule has 1 heterocycles. The lowest BCUT2D eigenvalue weighted by Crippen LogP contribution is -2.60. The number of hydrogen-bond donors (Lipinski definition) is 0. The van der Waals surface area contributed by atoms with E-state index in [1.54, 1.807) is 0 Å². The van der Waals surface area contributed by atoms with Crippen molar-refractivity contribution in [3.8, 4) is 0 Å². The highest BCUT2D eigenvalue weighted by atomic mass is 19.1. The van der Waals surface area contributed by atoms with Gasteiger partial charge >= 0.3 is 0 Å². The summed E-state index contributed by atoms with van der Waals surface area (Å²) in [6.45, 7) is 1.35. The molecule has 5 nitrogen and oxygen atoms in total. The molecule has 40 heavy (non-hydrogen) atoms. The van der Waals surface area contributed by atoms with Gasteiger partial charge in [-0.05, 0) is 22.3 Å². The number of benzene rings is 4. The van der Waals surface area contributed by atoms with E-state index >= 15 is 4.39 Å². The average Bonchev–Trinajstić information content (AvgIpc) is 3.01. The van der Waals surface area contributed by atoms with Crippen LogP contribution in [0.25, 0.3) is 0 Å². The van der Waals surface area contributed by atoms with E-state index in [1.165, 1.54) is 0 Å². The van der Waals surface area contributed by atoms with Crippen molar-refractivity contribution in [1.82, 2.24) is 0 Å². The van der Waals surface area contributed by atoms with Crippen molar-refractivity contribution in [3.05, 3.63) is 144 Å². The van der Waals surface area contributed by atoms with Crippen molar-refractivity contribution >= 4 is 0 Å². The molecule has 2 unspecified atom stereocenters. The van der Waals surface area contributed by atoms with Crippen LogP contribution in [0.1, 0.15) is 22.3 Å². The fraction of sp³-hybridized carbons (Fsp3) is 0.294. The first-order valence-corrected chi connectivity index (χ1v) is 13.6. The molecular weight excluding hydrogens is 507 g/mol. The maximum absolute atomic E-state index is 15.7. The highest BCUT2D eigenvalue weighted by Gasteiger charge is 2.48. The van der Waals surface area contributed by atoms with Crippen LogP contribution in [-0.2, 0) is 50.1 Å². The fourth-order valence-electron chi connectivity index (χ4n) is 4.73. The smallest absolute Gasteiger partial charge is 0.228 e. The van der Waals surface area contributed by atoms with Gasteiger partial charge in [-0.3, -0.25) is 0 Å². The summed E-state index contributed by atoms with van der Waals surface area (Å²) in [5.74, 6) is 0. The van der Waals surface area contributed by atoms with Crippen LogP contribution in [0.3, 0.4) is 0 Å². The summed E-state index contributed by atoms with van der Waals surface area (Å²) in [6.07, 6.45) is -4.77. The second kappa shape index (κ2) is 14.8. The summed E-state index contributed by atoms with van der Waals surface area (Å²) < 4.78 is 46.6. The van der Waals surface area contributed by atoms with Crippen molar-refractivity contribution < 1.29 is 28.1 Å². The molecule has 208 valence electrons. The van der Waals surface area contributed by atoms with Crippen LogP contribution < -0.4 is 0 Å². The Hall–Kier alpha value is -3.39. The monoisotopic (exact) mass is 542 g/mol. The van der Waals surface area contributed by atoms with Crippen LogP contribution in [0.2, 0.25) is 0 Å². The Kier molecular flexibility index (Phi) is 10.4. The lowest BCUT2D eigenvalue weighted by atomic mass is 9.98. The summed E-state index contributed by atoms with van der Waals surface area (Å²) in [6, 6.07) is 39.2. The summed E-state index contributed by atoms with van der Waals surface area (Å²) in [5, 5.41) is 0. The Labute approximate surface area is 235 Å². The summed E-state index contributed by atoms with van der Waals surface area (Å²) in [4.78, 5) is 0. The maximum atomic E-state index is 15.7. The van der Waals surface area contributed by atoms with Gasteiger partial charge in [-0.25, -0.2) is 4.39 Å². The first-order valence-electron chi connectivity index (χ1n) is 13.6. The van der Waals surface area contributed by atoms with Crippen molar-refractivity contribution in [2.75, 3.05) is 6.61 Å². The normalized spacial score (nSPS) is 22.7. The molecule has 1 aliphatic heterocycles. The number of hydrogen-bond acceptors (Lipinski definition) is 5. The van der Waals surface area contributed by atoms with Crippen LogP contribution in [0.5, 0.6) is 0 Å². The van der Waals surface area contributed by atoms with E-state index in [-0.39, 0.29) is 19.8 Å². The molecule has 1 fully saturated rings. The van der Waals surface area contributed by atoms with Gasteiger partial charge in [0.05, 0.1) is 33.0 Å². The van der Waals surface area contributed by atoms with E-state index in [1.807, 2.05) is 121 Å². The van der Waals surface area contributed by atoms with Gasteiger partial charge in [0.15, 0.2) is 0 Å². The van der Waals surface area contributed by atoms with Gasteiger partial charge in [0.25, 0.3) is 0 Å². The van der Waals surface area contributed by atoms with E-state index in [4.69, 9.17) is 23.7 Å². The third kappa shape index (κ3) is 8.07. The number of rotatable bonds is 13. The van der Waals surface area contributed by atoms with E-state index in [9.17, 15) is 0 Å². The zero-order chi connectivity index (χ0) is 27.4. The van der Waals surface area contributed by atoms with Gasteiger partial charge in [0.2, 0.25) is 6.36 Å². The highest BCUT2D eigenvalue weighted by Crippen LogP contribution is 2.31. The molecule has 6 heteroatoms. The zero-order valence-corrected chi connectivity index (χ0v) is 22.4. The molecule has 5 atom stereocenters. The van der Waals surface area contributed by atoms with Gasteiger partial charge in [-0.2, -0.15) is 0 Å². The summed E-state index contributed by atoms with van der Waals surface area (Å²) >= 11 is 0. The minimum Gasteiger partial charge on any atom is -0.374 e. The van der Waals surface area contributed by atoms with Crippen molar-refractivity contribution in [1.29, 1.82) is 0 Å². The van der Waals surface area contributed by atoms with Crippen LogP contribution in [0, 0.1) is 0 Å². The molecule has 0 amide bonds. The number of alkyl halides is 1. The Balaban J connectivity index is 1.36. The third-order valence-corrected chi connectivity index (χ3v) is 6.83. The minimum atomic E-state index is -1.72. The van der Waals surface area contributed by atoms with Crippen molar-refractivity contribution in [2.45, 2.75) is 57.2 Å². The molecule has 4 aromatic rings. The topological polar surface area (TPSA) is 46.2 Å². The maximum Gasteiger partial charge on any atom is 0.228 e. The highest BCUT2D eigenvalue weighted by molar-refractivity contribution is 5.16. The van der Waals surface area contributed by atoms with E-state index in [0.717, 1.165) is 22.3 Å². The molecule has 4 aromatic carbocycles. The first kappa shape index (κ1) is 28.1. The molecule has 0 bridgehead atoms. The molecule has 0 radical (unpaired) electrons. The molecule has 0 aliphatic carbocycles. The van der Waals surface area contributed by atoms with Crippen LogP contribution >= 0.6 is 0 Å². The van der Waals surface area contributed by atoms with Gasteiger partial charge in [0, 0.05) is 0 Å².